The zero-order valence-electron chi connectivity index (χ0n) is 10.2. The van der Waals surface area contributed by atoms with E-state index in [0.29, 0.717) is 11.2 Å². The van der Waals surface area contributed by atoms with E-state index in [2.05, 4.69) is 15.1 Å². The zero-order valence-corrected chi connectivity index (χ0v) is 11.7. The Bertz CT molecular complexity index is 803. The third-order valence-corrected chi connectivity index (χ3v) is 3.52. The van der Waals surface area contributed by atoms with E-state index in [-0.39, 0.29) is 27.8 Å². The zero-order chi connectivity index (χ0) is 15.0. The summed E-state index contributed by atoms with van der Waals surface area (Å²) < 4.78 is 38.5. The van der Waals surface area contributed by atoms with Crippen molar-refractivity contribution in [2.45, 2.75) is 10.4 Å². The Morgan fingerprint density at radius 2 is 2.00 bits per heavy atom. The van der Waals surface area contributed by atoms with Gasteiger partial charge in [0.15, 0.2) is 11.5 Å². The van der Waals surface area contributed by atoms with Crippen LogP contribution < -0.4 is 0 Å². The molecule has 0 aliphatic rings. The standard InChI is InChI=1S/C12H6ClF3N4S/c13-11-17-5-4-9-18-10(19-20(9)11)7-2-1-3-8(6-7)21-12(14,15)16/h1-6H. The topological polar surface area (TPSA) is 43.1 Å². The van der Waals surface area contributed by atoms with Crippen molar-refractivity contribution >= 4 is 29.0 Å². The minimum absolute atomic E-state index is 0.0723. The Hall–Kier alpha value is -1.80. The normalized spacial score (nSPS) is 12.0. The molecule has 0 bridgehead atoms. The Balaban J connectivity index is 2.02. The van der Waals surface area contributed by atoms with Gasteiger partial charge in [0.25, 0.3) is 0 Å². The molecular formula is C12H6ClF3N4S. The predicted molar refractivity (Wildman–Crippen MR) is 73.1 cm³/mol. The van der Waals surface area contributed by atoms with Crippen LogP contribution in [-0.4, -0.2) is 25.1 Å². The van der Waals surface area contributed by atoms with E-state index < -0.39 is 5.51 Å². The fourth-order valence-corrected chi connectivity index (χ4v) is 2.52. The van der Waals surface area contributed by atoms with Gasteiger partial charge in [0, 0.05) is 22.7 Å². The molecule has 1 aromatic carbocycles. The molecule has 3 aromatic rings. The second kappa shape index (κ2) is 5.19. The molecule has 9 heteroatoms. The maximum atomic E-state index is 12.4. The number of thioether (sulfide) groups is 1. The molecule has 21 heavy (non-hydrogen) atoms. The van der Waals surface area contributed by atoms with E-state index in [9.17, 15) is 13.2 Å². The van der Waals surface area contributed by atoms with Gasteiger partial charge in [0.2, 0.25) is 5.28 Å². The summed E-state index contributed by atoms with van der Waals surface area (Å²) in [6.07, 6.45) is 1.48. The number of hydrogen-bond acceptors (Lipinski definition) is 4. The third-order valence-electron chi connectivity index (χ3n) is 2.54. The fraction of sp³-hybridized carbons (Fsp3) is 0.0833. The fourth-order valence-electron chi connectivity index (χ4n) is 1.74. The molecule has 108 valence electrons. The minimum atomic E-state index is -4.34. The molecule has 4 nitrogen and oxygen atoms in total. The van der Waals surface area contributed by atoms with Gasteiger partial charge < -0.3 is 0 Å². The van der Waals surface area contributed by atoms with Crippen molar-refractivity contribution in [3.05, 3.63) is 41.8 Å². The molecule has 0 N–H and O–H groups in total. The number of nitrogens with zero attached hydrogens (tertiary/aromatic N) is 4. The van der Waals surface area contributed by atoms with Crippen molar-refractivity contribution in [1.82, 2.24) is 19.6 Å². The summed E-state index contributed by atoms with van der Waals surface area (Å²) in [7, 11) is 0. The van der Waals surface area contributed by atoms with E-state index in [4.69, 9.17) is 11.6 Å². The Kier molecular flexibility index (Phi) is 3.50. The molecule has 0 atom stereocenters. The maximum absolute atomic E-state index is 12.4. The Morgan fingerprint density at radius 1 is 1.19 bits per heavy atom. The van der Waals surface area contributed by atoms with Crippen molar-refractivity contribution in [3.63, 3.8) is 0 Å². The summed E-state index contributed by atoms with van der Waals surface area (Å²) in [5.74, 6) is 0.287. The van der Waals surface area contributed by atoms with Crippen LogP contribution in [0, 0.1) is 0 Å². The van der Waals surface area contributed by atoms with Crippen LogP contribution in [0.15, 0.2) is 41.4 Å². The van der Waals surface area contributed by atoms with E-state index in [0.717, 1.165) is 0 Å². The van der Waals surface area contributed by atoms with Crippen LogP contribution >= 0.6 is 23.4 Å². The lowest BCUT2D eigenvalue weighted by Crippen LogP contribution is -1.99. The summed E-state index contributed by atoms with van der Waals surface area (Å²) in [5.41, 5.74) is -3.39. The summed E-state index contributed by atoms with van der Waals surface area (Å²) in [6, 6.07) is 7.53. The number of hydrogen-bond donors (Lipinski definition) is 0. The van der Waals surface area contributed by atoms with Crippen LogP contribution in [0.4, 0.5) is 13.2 Å². The van der Waals surface area contributed by atoms with Crippen molar-refractivity contribution in [3.8, 4) is 11.4 Å². The molecule has 0 spiro atoms. The first-order valence-corrected chi connectivity index (χ1v) is 6.85. The van der Waals surface area contributed by atoms with E-state index in [1.54, 1.807) is 12.1 Å². The first-order chi connectivity index (χ1) is 9.92. The average Bonchev–Trinajstić information content (AvgIpc) is 2.82. The summed E-state index contributed by atoms with van der Waals surface area (Å²) >= 11 is 5.69. The number of aromatic nitrogens is 4. The lowest BCUT2D eigenvalue weighted by Gasteiger charge is -2.05. The lowest BCUT2D eigenvalue weighted by molar-refractivity contribution is -0.0328. The number of fused-ring (bicyclic) bond motifs is 1. The van der Waals surface area contributed by atoms with Crippen LogP contribution in [0.3, 0.4) is 0 Å². The molecule has 0 fully saturated rings. The van der Waals surface area contributed by atoms with Crippen LogP contribution in [0.2, 0.25) is 5.28 Å². The highest BCUT2D eigenvalue weighted by atomic mass is 35.5. The number of alkyl halides is 3. The third kappa shape index (κ3) is 3.11. The number of halogens is 4. The van der Waals surface area contributed by atoms with Crippen LogP contribution in [-0.2, 0) is 0 Å². The molecule has 3 rings (SSSR count). The largest absolute Gasteiger partial charge is 0.446 e. The minimum Gasteiger partial charge on any atom is -0.226 e. The van der Waals surface area contributed by atoms with Gasteiger partial charge in [0.1, 0.15) is 0 Å². The maximum Gasteiger partial charge on any atom is 0.446 e. The molecule has 0 aliphatic heterocycles. The molecule has 0 unspecified atom stereocenters. The highest BCUT2D eigenvalue weighted by Crippen LogP contribution is 2.37. The molecule has 0 saturated heterocycles. The van der Waals surface area contributed by atoms with Gasteiger partial charge in [-0.3, -0.25) is 0 Å². The molecule has 0 aliphatic carbocycles. The van der Waals surface area contributed by atoms with E-state index >= 15 is 0 Å². The van der Waals surface area contributed by atoms with Gasteiger partial charge in [-0.05, 0) is 35.5 Å². The monoisotopic (exact) mass is 330 g/mol. The summed E-state index contributed by atoms with van der Waals surface area (Å²) in [5, 5.41) is 4.27. The molecule has 0 saturated carbocycles. The first-order valence-electron chi connectivity index (χ1n) is 5.66. The molecule has 2 heterocycles. The van der Waals surface area contributed by atoms with Gasteiger partial charge in [-0.1, -0.05) is 12.1 Å². The average molecular weight is 331 g/mol. The predicted octanol–water partition coefficient (Wildman–Crippen LogP) is 4.06. The molecule has 0 amide bonds. The van der Waals surface area contributed by atoms with Gasteiger partial charge in [0.05, 0.1) is 0 Å². The Morgan fingerprint density at radius 3 is 2.71 bits per heavy atom. The van der Waals surface area contributed by atoms with Gasteiger partial charge in [-0.25, -0.2) is 9.97 Å². The smallest absolute Gasteiger partial charge is 0.226 e. The lowest BCUT2D eigenvalue weighted by atomic mass is 10.2. The van der Waals surface area contributed by atoms with Gasteiger partial charge in [-0.2, -0.15) is 17.7 Å². The van der Waals surface area contributed by atoms with Gasteiger partial charge in [-0.15, -0.1) is 5.10 Å². The molecule has 0 radical (unpaired) electrons. The first kappa shape index (κ1) is 14.2. The van der Waals surface area contributed by atoms with Crippen LogP contribution in [0.1, 0.15) is 0 Å². The van der Waals surface area contributed by atoms with Crippen molar-refractivity contribution in [2.75, 3.05) is 0 Å². The SMILES string of the molecule is FC(F)(F)Sc1cccc(-c2nc3ccnc(Cl)n3n2)c1. The van der Waals surface area contributed by atoms with Crippen molar-refractivity contribution < 1.29 is 13.2 Å². The van der Waals surface area contributed by atoms with E-state index in [1.807, 2.05) is 0 Å². The second-order valence-electron chi connectivity index (χ2n) is 3.99. The molecule has 2 aromatic heterocycles. The quantitative estimate of drug-likeness (QED) is 0.525. The van der Waals surface area contributed by atoms with Crippen LogP contribution in [0.5, 0.6) is 0 Å². The number of benzene rings is 1. The Labute approximate surface area is 126 Å². The summed E-state index contributed by atoms with van der Waals surface area (Å²) in [4.78, 5) is 8.14. The summed E-state index contributed by atoms with van der Waals surface area (Å²) in [6.45, 7) is 0. The van der Waals surface area contributed by atoms with Gasteiger partial charge >= 0.3 is 5.51 Å². The van der Waals surface area contributed by atoms with Crippen molar-refractivity contribution in [1.29, 1.82) is 0 Å². The highest BCUT2D eigenvalue weighted by Gasteiger charge is 2.29. The molecular weight excluding hydrogens is 325 g/mol. The van der Waals surface area contributed by atoms with Crippen LogP contribution in [0.25, 0.3) is 17.0 Å². The second-order valence-corrected chi connectivity index (χ2v) is 5.47. The van der Waals surface area contributed by atoms with E-state index in [1.165, 1.54) is 28.9 Å². The van der Waals surface area contributed by atoms with Crippen molar-refractivity contribution in [2.24, 2.45) is 0 Å². The highest BCUT2D eigenvalue weighted by molar-refractivity contribution is 8.00. The number of rotatable bonds is 2.